The van der Waals surface area contributed by atoms with Crippen molar-refractivity contribution in [3.05, 3.63) is 35.4 Å². The Morgan fingerprint density at radius 2 is 2.14 bits per heavy atom. The van der Waals surface area contributed by atoms with Crippen LogP contribution in [0.4, 0.5) is 8.78 Å². The smallest absolute Gasteiger partial charge is 0.130 e. The first-order chi connectivity index (χ1) is 6.65. The third kappa shape index (κ3) is 2.75. The topological polar surface area (TPSA) is 21.3 Å². The lowest BCUT2D eigenvalue weighted by atomic mass is 10.1. The van der Waals surface area contributed by atoms with E-state index in [1.165, 1.54) is 12.1 Å². The number of hydroxylamine groups is 1. The summed E-state index contributed by atoms with van der Waals surface area (Å²) in [5.74, 6) is -1.14. The van der Waals surface area contributed by atoms with Crippen molar-refractivity contribution >= 4 is 0 Å². The third-order valence-corrected chi connectivity index (χ3v) is 1.83. The lowest BCUT2D eigenvalue weighted by Crippen LogP contribution is -2.19. The highest BCUT2D eigenvalue weighted by molar-refractivity contribution is 5.21. The van der Waals surface area contributed by atoms with Crippen LogP contribution in [-0.2, 0) is 4.84 Å². The molecule has 0 fully saturated rings. The molecule has 78 valence electrons. The number of benzene rings is 1. The Balaban J connectivity index is 2.74. The van der Waals surface area contributed by atoms with Gasteiger partial charge in [0.2, 0.25) is 0 Å². The van der Waals surface area contributed by atoms with Gasteiger partial charge in [-0.3, -0.25) is 0 Å². The molecule has 0 saturated heterocycles. The van der Waals surface area contributed by atoms with Crippen LogP contribution in [0.3, 0.4) is 0 Å². The SMILES string of the molecule is CCONC(C)c1ccc(F)cc1F. The van der Waals surface area contributed by atoms with Crippen LogP contribution in [0.25, 0.3) is 0 Å². The van der Waals surface area contributed by atoms with Gasteiger partial charge >= 0.3 is 0 Å². The highest BCUT2D eigenvalue weighted by Crippen LogP contribution is 2.17. The minimum absolute atomic E-state index is 0.296. The summed E-state index contributed by atoms with van der Waals surface area (Å²) in [4.78, 5) is 4.92. The summed E-state index contributed by atoms with van der Waals surface area (Å²) < 4.78 is 25.8. The molecule has 0 saturated carbocycles. The van der Waals surface area contributed by atoms with Gasteiger partial charge in [0.15, 0.2) is 0 Å². The van der Waals surface area contributed by atoms with Gasteiger partial charge in [0.25, 0.3) is 0 Å². The fraction of sp³-hybridized carbons (Fsp3) is 0.400. The quantitative estimate of drug-likeness (QED) is 0.756. The molecule has 14 heavy (non-hydrogen) atoms. The molecule has 1 N–H and O–H groups in total. The standard InChI is InChI=1S/C10H13F2NO/c1-3-14-13-7(2)9-5-4-8(11)6-10(9)12/h4-7,13H,3H2,1-2H3. The number of hydrogen-bond acceptors (Lipinski definition) is 2. The van der Waals surface area contributed by atoms with Gasteiger partial charge < -0.3 is 4.84 Å². The Kier molecular flexibility index (Phi) is 3.98. The molecule has 0 aliphatic carbocycles. The van der Waals surface area contributed by atoms with Crippen molar-refractivity contribution in [2.45, 2.75) is 19.9 Å². The van der Waals surface area contributed by atoms with E-state index in [2.05, 4.69) is 5.48 Å². The molecular weight excluding hydrogens is 188 g/mol. The van der Waals surface area contributed by atoms with Crippen LogP contribution in [0.2, 0.25) is 0 Å². The minimum atomic E-state index is -0.574. The number of rotatable bonds is 4. The number of halogens is 2. The average Bonchev–Trinajstić information content (AvgIpc) is 2.14. The molecule has 0 radical (unpaired) electrons. The van der Waals surface area contributed by atoms with Crippen LogP contribution in [0.5, 0.6) is 0 Å². The molecule has 0 spiro atoms. The summed E-state index contributed by atoms with van der Waals surface area (Å²) in [6, 6.07) is 3.19. The molecule has 1 unspecified atom stereocenters. The molecule has 0 aromatic heterocycles. The Labute approximate surface area is 81.8 Å². The van der Waals surface area contributed by atoms with E-state index in [0.29, 0.717) is 12.2 Å². The minimum Gasteiger partial charge on any atom is -0.302 e. The van der Waals surface area contributed by atoms with E-state index >= 15 is 0 Å². The summed E-state index contributed by atoms with van der Waals surface area (Å²) in [7, 11) is 0. The van der Waals surface area contributed by atoms with E-state index in [4.69, 9.17) is 4.84 Å². The van der Waals surface area contributed by atoms with Crippen molar-refractivity contribution in [2.24, 2.45) is 0 Å². The van der Waals surface area contributed by atoms with Gasteiger partial charge in [0, 0.05) is 11.6 Å². The Morgan fingerprint density at radius 3 is 2.71 bits per heavy atom. The van der Waals surface area contributed by atoms with Crippen molar-refractivity contribution in [3.63, 3.8) is 0 Å². The van der Waals surface area contributed by atoms with Crippen molar-refractivity contribution in [1.82, 2.24) is 5.48 Å². The first-order valence-electron chi connectivity index (χ1n) is 4.47. The van der Waals surface area contributed by atoms with Gasteiger partial charge in [-0.1, -0.05) is 6.07 Å². The van der Waals surface area contributed by atoms with Crippen LogP contribution in [-0.4, -0.2) is 6.61 Å². The molecule has 4 heteroatoms. The van der Waals surface area contributed by atoms with Crippen molar-refractivity contribution in [1.29, 1.82) is 0 Å². The lowest BCUT2D eigenvalue weighted by Gasteiger charge is -2.13. The molecule has 0 amide bonds. The molecule has 0 aliphatic rings. The fourth-order valence-corrected chi connectivity index (χ4v) is 1.12. The maximum absolute atomic E-state index is 13.2. The molecule has 1 atom stereocenters. The molecule has 2 nitrogen and oxygen atoms in total. The van der Waals surface area contributed by atoms with Gasteiger partial charge in [0.05, 0.1) is 12.6 Å². The van der Waals surface area contributed by atoms with E-state index in [-0.39, 0.29) is 6.04 Å². The normalized spacial score (nSPS) is 12.9. The van der Waals surface area contributed by atoms with Crippen molar-refractivity contribution < 1.29 is 13.6 Å². The summed E-state index contributed by atoms with van der Waals surface area (Å²) in [6.45, 7) is 4.06. The van der Waals surface area contributed by atoms with Crippen LogP contribution >= 0.6 is 0 Å². The van der Waals surface area contributed by atoms with Crippen LogP contribution in [0, 0.1) is 11.6 Å². The van der Waals surface area contributed by atoms with Crippen LogP contribution in [0.1, 0.15) is 25.5 Å². The van der Waals surface area contributed by atoms with E-state index in [0.717, 1.165) is 6.07 Å². The number of hydrogen-bond donors (Lipinski definition) is 1. The summed E-state index contributed by atoms with van der Waals surface area (Å²) in [5, 5.41) is 0. The first kappa shape index (κ1) is 11.1. The fourth-order valence-electron chi connectivity index (χ4n) is 1.12. The maximum Gasteiger partial charge on any atom is 0.130 e. The number of nitrogens with one attached hydrogen (secondary N) is 1. The highest BCUT2D eigenvalue weighted by atomic mass is 19.1. The highest BCUT2D eigenvalue weighted by Gasteiger charge is 2.10. The van der Waals surface area contributed by atoms with Gasteiger partial charge in [0.1, 0.15) is 11.6 Å². The van der Waals surface area contributed by atoms with Crippen molar-refractivity contribution in [2.75, 3.05) is 6.61 Å². The van der Waals surface area contributed by atoms with Crippen LogP contribution in [0.15, 0.2) is 18.2 Å². The van der Waals surface area contributed by atoms with E-state index in [9.17, 15) is 8.78 Å². The summed E-state index contributed by atoms with van der Waals surface area (Å²) >= 11 is 0. The van der Waals surface area contributed by atoms with E-state index in [1.807, 2.05) is 6.92 Å². The molecule has 1 aromatic carbocycles. The Morgan fingerprint density at radius 1 is 1.43 bits per heavy atom. The molecule has 0 heterocycles. The molecule has 1 rings (SSSR count). The average molecular weight is 201 g/mol. The monoisotopic (exact) mass is 201 g/mol. The lowest BCUT2D eigenvalue weighted by molar-refractivity contribution is 0.0277. The van der Waals surface area contributed by atoms with E-state index in [1.54, 1.807) is 6.92 Å². The maximum atomic E-state index is 13.2. The second-order valence-electron chi connectivity index (χ2n) is 2.94. The molecule has 0 aliphatic heterocycles. The largest absolute Gasteiger partial charge is 0.302 e. The van der Waals surface area contributed by atoms with Gasteiger partial charge in [-0.05, 0) is 19.9 Å². The molecule has 0 bridgehead atoms. The van der Waals surface area contributed by atoms with Gasteiger partial charge in [-0.15, -0.1) is 0 Å². The van der Waals surface area contributed by atoms with Crippen molar-refractivity contribution in [3.8, 4) is 0 Å². The summed E-state index contributed by atoms with van der Waals surface area (Å²) in [6.07, 6.45) is 0. The second-order valence-corrected chi connectivity index (χ2v) is 2.94. The van der Waals surface area contributed by atoms with Gasteiger partial charge in [-0.2, -0.15) is 5.48 Å². The predicted molar refractivity (Wildman–Crippen MR) is 49.5 cm³/mol. The zero-order chi connectivity index (χ0) is 10.6. The Hall–Kier alpha value is -1.00. The Bertz CT molecular complexity index is 304. The third-order valence-electron chi connectivity index (χ3n) is 1.83. The zero-order valence-electron chi connectivity index (χ0n) is 8.18. The molecular formula is C10H13F2NO. The van der Waals surface area contributed by atoms with E-state index < -0.39 is 11.6 Å². The summed E-state index contributed by atoms with van der Waals surface area (Å²) in [5.41, 5.74) is 3.04. The first-order valence-corrected chi connectivity index (χ1v) is 4.47. The predicted octanol–water partition coefficient (Wildman–Crippen LogP) is 2.57. The zero-order valence-corrected chi connectivity index (χ0v) is 8.18. The van der Waals surface area contributed by atoms with Crippen LogP contribution < -0.4 is 5.48 Å². The molecule has 1 aromatic rings. The van der Waals surface area contributed by atoms with Gasteiger partial charge in [-0.25, -0.2) is 8.78 Å². The second kappa shape index (κ2) is 5.02.